The molecule has 0 aromatic heterocycles. The minimum absolute atomic E-state index is 0.0897. The minimum Gasteiger partial charge on any atom is -0.322 e. The zero-order valence-corrected chi connectivity index (χ0v) is 7.48. The zero-order valence-electron chi connectivity index (χ0n) is 7.48. The van der Waals surface area contributed by atoms with E-state index < -0.39 is 0 Å². The standard InChI is InChI=1S/C6H13NO.C2H6/c1-3-4-6(7)5(2)8;1-2/h6H,3-4,7H2,1-2H3;1-2H3. The molecule has 1 atom stereocenters. The second-order valence-corrected chi connectivity index (χ2v) is 2.01. The fraction of sp³-hybridized carbons (Fsp3) is 0.875. The molecule has 2 heteroatoms. The fourth-order valence-electron chi connectivity index (χ4n) is 0.514. The first-order valence-electron chi connectivity index (χ1n) is 3.94. The van der Waals surface area contributed by atoms with Gasteiger partial charge in [0.2, 0.25) is 0 Å². The maximum absolute atomic E-state index is 10.4. The Balaban J connectivity index is 0. The van der Waals surface area contributed by atoms with E-state index in [0.717, 1.165) is 12.8 Å². The lowest BCUT2D eigenvalue weighted by Crippen LogP contribution is -2.27. The Kier molecular flexibility index (Phi) is 10.6. The van der Waals surface area contributed by atoms with Gasteiger partial charge in [0.1, 0.15) is 5.78 Å². The third kappa shape index (κ3) is 7.63. The van der Waals surface area contributed by atoms with Gasteiger partial charge in [-0.1, -0.05) is 27.2 Å². The molecule has 2 N–H and O–H groups in total. The lowest BCUT2D eigenvalue weighted by atomic mass is 10.1. The average molecular weight is 145 g/mol. The van der Waals surface area contributed by atoms with Crippen LogP contribution in [0.2, 0.25) is 0 Å². The first-order valence-corrected chi connectivity index (χ1v) is 3.94. The molecular weight excluding hydrogens is 126 g/mol. The minimum atomic E-state index is -0.222. The summed E-state index contributed by atoms with van der Waals surface area (Å²) in [6, 6.07) is -0.222. The number of rotatable bonds is 3. The predicted molar refractivity (Wildman–Crippen MR) is 44.9 cm³/mol. The van der Waals surface area contributed by atoms with E-state index in [1.807, 2.05) is 20.8 Å². The Labute approximate surface area is 63.8 Å². The number of hydrogen-bond acceptors (Lipinski definition) is 2. The highest BCUT2D eigenvalue weighted by atomic mass is 16.1. The van der Waals surface area contributed by atoms with Gasteiger partial charge < -0.3 is 5.73 Å². The van der Waals surface area contributed by atoms with Crippen LogP contribution >= 0.6 is 0 Å². The molecule has 0 aliphatic carbocycles. The van der Waals surface area contributed by atoms with Crippen molar-refractivity contribution in [3.63, 3.8) is 0 Å². The molecule has 2 nitrogen and oxygen atoms in total. The second-order valence-electron chi connectivity index (χ2n) is 2.01. The van der Waals surface area contributed by atoms with Crippen molar-refractivity contribution in [2.45, 2.75) is 46.6 Å². The van der Waals surface area contributed by atoms with Gasteiger partial charge in [-0.15, -0.1) is 0 Å². The average Bonchev–Trinajstić information content (AvgIpc) is 1.93. The Bertz CT molecular complexity index is 81.3. The molecule has 0 heterocycles. The van der Waals surface area contributed by atoms with Crippen LogP contribution in [0.15, 0.2) is 0 Å². The third-order valence-corrected chi connectivity index (χ3v) is 1.12. The van der Waals surface area contributed by atoms with E-state index in [-0.39, 0.29) is 11.8 Å². The molecule has 10 heavy (non-hydrogen) atoms. The lowest BCUT2D eigenvalue weighted by molar-refractivity contribution is -0.118. The summed E-state index contributed by atoms with van der Waals surface area (Å²) in [5, 5.41) is 0. The molecule has 0 bridgehead atoms. The molecule has 0 saturated carbocycles. The normalized spacial score (nSPS) is 11.3. The number of hydrogen-bond donors (Lipinski definition) is 1. The van der Waals surface area contributed by atoms with Crippen molar-refractivity contribution in [2.24, 2.45) is 5.73 Å². The smallest absolute Gasteiger partial charge is 0.146 e. The highest BCUT2D eigenvalue weighted by Crippen LogP contribution is 1.92. The maximum atomic E-state index is 10.4. The summed E-state index contributed by atoms with van der Waals surface area (Å²) in [7, 11) is 0. The molecule has 0 saturated heterocycles. The number of Topliss-reactive ketones (excluding diaryl/α,β-unsaturated/α-hetero) is 1. The van der Waals surface area contributed by atoms with Gasteiger partial charge in [0.25, 0.3) is 0 Å². The van der Waals surface area contributed by atoms with Crippen LogP contribution in [0.25, 0.3) is 0 Å². The van der Waals surface area contributed by atoms with Crippen molar-refractivity contribution < 1.29 is 4.79 Å². The van der Waals surface area contributed by atoms with Crippen LogP contribution in [0, 0.1) is 0 Å². The molecule has 0 amide bonds. The summed E-state index contributed by atoms with van der Waals surface area (Å²) in [5.74, 6) is 0.0897. The molecule has 0 fully saturated rings. The van der Waals surface area contributed by atoms with Crippen LogP contribution in [0.1, 0.15) is 40.5 Å². The summed E-state index contributed by atoms with van der Waals surface area (Å²) in [6.07, 6.45) is 1.80. The monoisotopic (exact) mass is 145 g/mol. The van der Waals surface area contributed by atoms with E-state index in [1.165, 1.54) is 6.92 Å². The van der Waals surface area contributed by atoms with Gasteiger partial charge in [0.05, 0.1) is 6.04 Å². The van der Waals surface area contributed by atoms with Crippen LogP contribution in [0.3, 0.4) is 0 Å². The summed E-state index contributed by atoms with van der Waals surface area (Å²) < 4.78 is 0. The van der Waals surface area contributed by atoms with Gasteiger partial charge in [0, 0.05) is 0 Å². The molecule has 0 spiro atoms. The van der Waals surface area contributed by atoms with Crippen LogP contribution in [0.4, 0.5) is 0 Å². The number of ketones is 1. The summed E-state index contributed by atoms with van der Waals surface area (Å²) >= 11 is 0. The van der Waals surface area contributed by atoms with E-state index in [2.05, 4.69) is 0 Å². The Morgan fingerprint density at radius 3 is 2.00 bits per heavy atom. The van der Waals surface area contributed by atoms with Crippen molar-refractivity contribution in [3.8, 4) is 0 Å². The van der Waals surface area contributed by atoms with Crippen LogP contribution in [-0.4, -0.2) is 11.8 Å². The first kappa shape index (κ1) is 12.3. The van der Waals surface area contributed by atoms with E-state index in [1.54, 1.807) is 0 Å². The maximum Gasteiger partial charge on any atom is 0.146 e. The quantitative estimate of drug-likeness (QED) is 0.657. The van der Waals surface area contributed by atoms with Gasteiger partial charge in [-0.25, -0.2) is 0 Å². The molecule has 1 unspecified atom stereocenters. The number of carbonyl (C=O) groups excluding carboxylic acids is 1. The Hall–Kier alpha value is -0.370. The summed E-state index contributed by atoms with van der Waals surface area (Å²) in [4.78, 5) is 10.4. The molecule has 0 rings (SSSR count). The van der Waals surface area contributed by atoms with Gasteiger partial charge in [0.15, 0.2) is 0 Å². The van der Waals surface area contributed by atoms with Gasteiger partial charge >= 0.3 is 0 Å². The molecule has 0 aliphatic rings. The topological polar surface area (TPSA) is 43.1 Å². The highest BCUT2D eigenvalue weighted by Gasteiger charge is 2.03. The van der Waals surface area contributed by atoms with Crippen molar-refractivity contribution in [1.29, 1.82) is 0 Å². The fourth-order valence-corrected chi connectivity index (χ4v) is 0.514. The molecular formula is C8H19NO. The van der Waals surface area contributed by atoms with Crippen molar-refractivity contribution in [3.05, 3.63) is 0 Å². The lowest BCUT2D eigenvalue weighted by Gasteiger charge is -2.02. The van der Waals surface area contributed by atoms with E-state index in [0.29, 0.717) is 0 Å². The Morgan fingerprint density at radius 1 is 1.50 bits per heavy atom. The predicted octanol–water partition coefficient (Wildman–Crippen LogP) is 1.73. The van der Waals surface area contributed by atoms with Gasteiger partial charge in [-0.3, -0.25) is 4.79 Å². The highest BCUT2D eigenvalue weighted by molar-refractivity contribution is 5.80. The SMILES string of the molecule is CC.CCCC(N)C(C)=O. The second kappa shape index (κ2) is 8.63. The van der Waals surface area contributed by atoms with Gasteiger partial charge in [-0.2, -0.15) is 0 Å². The zero-order chi connectivity index (χ0) is 8.57. The first-order chi connectivity index (χ1) is 4.68. The van der Waals surface area contributed by atoms with Crippen LogP contribution in [-0.2, 0) is 4.79 Å². The third-order valence-electron chi connectivity index (χ3n) is 1.12. The van der Waals surface area contributed by atoms with Crippen molar-refractivity contribution in [2.75, 3.05) is 0 Å². The number of carbonyl (C=O) groups is 1. The molecule has 0 aromatic rings. The summed E-state index contributed by atoms with van der Waals surface area (Å²) in [5.41, 5.74) is 5.38. The molecule has 0 aromatic carbocycles. The van der Waals surface area contributed by atoms with Crippen LogP contribution < -0.4 is 5.73 Å². The Morgan fingerprint density at radius 2 is 1.90 bits per heavy atom. The van der Waals surface area contributed by atoms with Crippen molar-refractivity contribution >= 4 is 5.78 Å². The van der Waals surface area contributed by atoms with Crippen molar-refractivity contribution in [1.82, 2.24) is 0 Å². The van der Waals surface area contributed by atoms with E-state index in [4.69, 9.17) is 5.73 Å². The summed E-state index contributed by atoms with van der Waals surface area (Å²) in [6.45, 7) is 7.54. The van der Waals surface area contributed by atoms with E-state index >= 15 is 0 Å². The molecule has 0 radical (unpaired) electrons. The molecule has 0 aliphatic heterocycles. The largest absolute Gasteiger partial charge is 0.322 e. The van der Waals surface area contributed by atoms with Crippen LogP contribution in [0.5, 0.6) is 0 Å². The van der Waals surface area contributed by atoms with E-state index in [9.17, 15) is 4.79 Å². The van der Waals surface area contributed by atoms with Gasteiger partial charge in [-0.05, 0) is 13.3 Å². The number of nitrogens with two attached hydrogens (primary N) is 1. The molecule has 62 valence electrons.